The van der Waals surface area contributed by atoms with E-state index >= 15 is 0 Å². The van der Waals surface area contributed by atoms with Gasteiger partial charge in [0.05, 0.1) is 19.8 Å². The van der Waals surface area contributed by atoms with Gasteiger partial charge in [-0.15, -0.1) is 0 Å². The summed E-state index contributed by atoms with van der Waals surface area (Å²) in [4.78, 5) is 15.1. The van der Waals surface area contributed by atoms with Crippen molar-refractivity contribution < 1.29 is 31.8 Å². The van der Waals surface area contributed by atoms with E-state index in [9.17, 15) is 22.4 Å². The molecule has 1 amide bonds. The molecule has 2 aromatic carbocycles. The summed E-state index contributed by atoms with van der Waals surface area (Å²) >= 11 is 0. The maximum atomic E-state index is 13.9. The van der Waals surface area contributed by atoms with Crippen molar-refractivity contribution in [1.82, 2.24) is 10.2 Å². The monoisotopic (exact) mass is 480 g/mol. The topological polar surface area (TPSA) is 50.8 Å². The number of hydrogen-bond donors (Lipinski definition) is 1. The maximum Gasteiger partial charge on any atom is 0.419 e. The summed E-state index contributed by atoms with van der Waals surface area (Å²) < 4.78 is 62.8. The third kappa shape index (κ3) is 5.14. The summed E-state index contributed by atoms with van der Waals surface area (Å²) in [5, 5.41) is 2.90. The van der Waals surface area contributed by atoms with Crippen LogP contribution < -0.4 is 14.8 Å². The van der Waals surface area contributed by atoms with Gasteiger partial charge in [-0.25, -0.2) is 4.39 Å². The number of benzene rings is 2. The predicted octanol–water partition coefficient (Wildman–Crippen LogP) is 4.83. The Bertz CT molecular complexity index is 1030. The Balaban J connectivity index is 1.34. The first-order chi connectivity index (χ1) is 16.2. The Morgan fingerprint density at radius 3 is 2.29 bits per heavy atom. The van der Waals surface area contributed by atoms with Gasteiger partial charge in [0.2, 0.25) is 0 Å². The third-order valence-electron chi connectivity index (χ3n) is 6.86. The zero-order valence-corrected chi connectivity index (χ0v) is 19.1. The molecule has 2 bridgehead atoms. The number of halogens is 4. The summed E-state index contributed by atoms with van der Waals surface area (Å²) in [5.41, 5.74) is -0.324. The van der Waals surface area contributed by atoms with Crippen molar-refractivity contribution in [2.24, 2.45) is 0 Å². The normalized spacial score (nSPS) is 22.5. The largest absolute Gasteiger partial charge is 0.493 e. The lowest BCUT2D eigenvalue weighted by Crippen LogP contribution is -2.50. The Labute approximate surface area is 196 Å². The molecule has 2 atom stereocenters. The summed E-state index contributed by atoms with van der Waals surface area (Å²) in [6, 6.07) is 8.77. The highest BCUT2D eigenvalue weighted by molar-refractivity contribution is 5.94. The van der Waals surface area contributed by atoms with Gasteiger partial charge in [-0.05, 0) is 68.0 Å². The van der Waals surface area contributed by atoms with Crippen LogP contribution in [0.5, 0.6) is 11.5 Å². The quantitative estimate of drug-likeness (QED) is 0.577. The number of hydrogen-bond acceptors (Lipinski definition) is 4. The molecule has 2 aliphatic heterocycles. The van der Waals surface area contributed by atoms with Crippen molar-refractivity contribution in [3.05, 3.63) is 58.9 Å². The molecule has 2 fully saturated rings. The molecule has 0 aliphatic carbocycles. The Hall–Kier alpha value is -2.81. The van der Waals surface area contributed by atoms with E-state index in [-0.39, 0.29) is 11.6 Å². The molecule has 9 heteroatoms. The highest BCUT2D eigenvalue weighted by Gasteiger charge is 2.41. The van der Waals surface area contributed by atoms with Gasteiger partial charge in [0, 0.05) is 30.2 Å². The van der Waals surface area contributed by atoms with Crippen LogP contribution in [-0.2, 0) is 12.6 Å². The van der Waals surface area contributed by atoms with E-state index in [1.54, 1.807) is 14.2 Å². The van der Waals surface area contributed by atoms with E-state index in [1.807, 2.05) is 18.2 Å². The predicted molar refractivity (Wildman–Crippen MR) is 119 cm³/mol. The summed E-state index contributed by atoms with van der Waals surface area (Å²) in [7, 11) is 3.21. The molecule has 2 heterocycles. The Morgan fingerprint density at radius 1 is 1.03 bits per heavy atom. The van der Waals surface area contributed by atoms with Crippen LogP contribution in [0.2, 0.25) is 0 Å². The molecule has 2 saturated heterocycles. The third-order valence-corrected chi connectivity index (χ3v) is 6.86. The second kappa shape index (κ2) is 9.82. The molecule has 4 rings (SSSR count). The van der Waals surface area contributed by atoms with Gasteiger partial charge in [-0.1, -0.05) is 6.07 Å². The van der Waals surface area contributed by atoms with Gasteiger partial charge >= 0.3 is 6.18 Å². The molecule has 1 N–H and O–H groups in total. The van der Waals surface area contributed by atoms with Crippen LogP contribution in [0.1, 0.15) is 47.2 Å². The maximum absolute atomic E-state index is 13.9. The standard InChI is InChI=1S/C25H28F4N2O3/c1-33-22-8-3-15(11-23(22)34-2)9-10-31-18-5-6-19(31)14-17(13-18)30-24(32)16-4-7-20(21(26)12-16)25(27,28)29/h3-4,7-8,11-12,17-19H,5-6,9-10,13-14H2,1-2H3,(H,30,32). The lowest BCUT2D eigenvalue weighted by Gasteiger charge is -2.39. The number of piperidine rings is 1. The number of rotatable bonds is 7. The molecule has 0 spiro atoms. The van der Waals surface area contributed by atoms with E-state index in [0.29, 0.717) is 35.7 Å². The van der Waals surface area contributed by atoms with Gasteiger partial charge < -0.3 is 14.8 Å². The molecule has 184 valence electrons. The highest BCUT2D eigenvalue weighted by atomic mass is 19.4. The number of fused-ring (bicyclic) bond motifs is 2. The van der Waals surface area contributed by atoms with Crippen LogP contribution in [0.15, 0.2) is 36.4 Å². The first-order valence-electron chi connectivity index (χ1n) is 11.3. The molecule has 0 radical (unpaired) electrons. The van der Waals surface area contributed by atoms with E-state index in [0.717, 1.165) is 50.3 Å². The molecule has 0 aromatic heterocycles. The van der Waals surface area contributed by atoms with E-state index in [2.05, 4.69) is 10.2 Å². The number of nitrogens with zero attached hydrogens (tertiary/aromatic N) is 1. The second-order valence-corrected chi connectivity index (χ2v) is 8.90. The molecule has 2 aromatic rings. The molecule has 0 saturated carbocycles. The fourth-order valence-corrected chi connectivity index (χ4v) is 5.21. The van der Waals surface area contributed by atoms with Crippen LogP contribution in [0.4, 0.5) is 17.6 Å². The molecule has 2 aliphatic rings. The fraction of sp³-hybridized carbons (Fsp3) is 0.480. The summed E-state index contributed by atoms with van der Waals surface area (Å²) in [6.45, 7) is 0.885. The van der Waals surface area contributed by atoms with Crippen LogP contribution in [0, 0.1) is 5.82 Å². The van der Waals surface area contributed by atoms with Gasteiger partial charge in [-0.2, -0.15) is 13.2 Å². The number of ether oxygens (including phenoxy) is 2. The number of carbonyl (C=O) groups excluding carboxylic acids is 1. The van der Waals surface area contributed by atoms with Crippen molar-refractivity contribution in [2.75, 3.05) is 20.8 Å². The average molecular weight is 481 g/mol. The van der Waals surface area contributed by atoms with Gasteiger partial charge in [0.1, 0.15) is 5.82 Å². The molecule has 5 nitrogen and oxygen atoms in total. The van der Waals surface area contributed by atoms with E-state index in [4.69, 9.17) is 9.47 Å². The second-order valence-electron chi connectivity index (χ2n) is 8.90. The molecule has 34 heavy (non-hydrogen) atoms. The van der Waals surface area contributed by atoms with Crippen molar-refractivity contribution in [3.63, 3.8) is 0 Å². The minimum atomic E-state index is -4.79. The SMILES string of the molecule is COc1ccc(CCN2C3CCC2CC(NC(=O)c2ccc(C(F)(F)F)c(F)c2)C3)cc1OC. The van der Waals surface area contributed by atoms with Gasteiger partial charge in [0.15, 0.2) is 11.5 Å². The van der Waals surface area contributed by atoms with Crippen LogP contribution >= 0.6 is 0 Å². The molecular weight excluding hydrogens is 452 g/mol. The lowest BCUT2D eigenvalue weighted by molar-refractivity contribution is -0.140. The van der Waals surface area contributed by atoms with Gasteiger partial charge in [-0.3, -0.25) is 9.69 Å². The van der Waals surface area contributed by atoms with E-state index < -0.39 is 23.5 Å². The van der Waals surface area contributed by atoms with E-state index in [1.165, 1.54) is 0 Å². The minimum absolute atomic E-state index is 0.0901. The molecular formula is C25H28F4N2O3. The fourth-order valence-electron chi connectivity index (χ4n) is 5.21. The number of carbonyl (C=O) groups is 1. The van der Waals surface area contributed by atoms with Crippen LogP contribution in [-0.4, -0.2) is 49.7 Å². The Kier molecular flexibility index (Phi) is 7.02. The number of methoxy groups -OCH3 is 2. The summed E-state index contributed by atoms with van der Waals surface area (Å²) in [5.74, 6) is -0.596. The van der Waals surface area contributed by atoms with Crippen LogP contribution in [0.3, 0.4) is 0 Å². The van der Waals surface area contributed by atoms with Crippen molar-refractivity contribution in [3.8, 4) is 11.5 Å². The highest BCUT2D eigenvalue weighted by Crippen LogP contribution is 2.37. The van der Waals surface area contributed by atoms with Crippen LogP contribution in [0.25, 0.3) is 0 Å². The lowest BCUT2D eigenvalue weighted by atomic mass is 9.96. The number of nitrogens with one attached hydrogen (secondary N) is 1. The Morgan fingerprint density at radius 2 is 1.71 bits per heavy atom. The summed E-state index contributed by atoms with van der Waals surface area (Å²) in [6.07, 6.45) is -0.332. The number of amides is 1. The average Bonchev–Trinajstić information content (AvgIpc) is 3.04. The van der Waals surface area contributed by atoms with Crippen molar-refractivity contribution in [2.45, 2.75) is 56.4 Å². The molecule has 2 unspecified atom stereocenters. The van der Waals surface area contributed by atoms with Crippen molar-refractivity contribution in [1.29, 1.82) is 0 Å². The zero-order valence-electron chi connectivity index (χ0n) is 19.1. The first-order valence-corrected chi connectivity index (χ1v) is 11.3. The zero-order chi connectivity index (χ0) is 24.5. The number of alkyl halides is 3. The first kappa shape index (κ1) is 24.3. The smallest absolute Gasteiger partial charge is 0.419 e. The minimum Gasteiger partial charge on any atom is -0.493 e. The van der Waals surface area contributed by atoms with Gasteiger partial charge in [0.25, 0.3) is 5.91 Å². The van der Waals surface area contributed by atoms with Crippen molar-refractivity contribution >= 4 is 5.91 Å².